The molecule has 0 aliphatic carbocycles. The Morgan fingerprint density at radius 3 is 1.98 bits per heavy atom. The van der Waals surface area contributed by atoms with Crippen LogP contribution in [0.5, 0.6) is 0 Å². The third-order valence-electron chi connectivity index (χ3n) is 8.55. The molecular formula is C36H50N6O5. The van der Waals surface area contributed by atoms with E-state index in [1.165, 1.54) is 0 Å². The van der Waals surface area contributed by atoms with Crippen LogP contribution >= 0.6 is 0 Å². The Hall–Kier alpha value is -4.25. The van der Waals surface area contributed by atoms with Gasteiger partial charge in [-0.1, -0.05) is 74.5 Å². The first kappa shape index (κ1) is 35.6. The van der Waals surface area contributed by atoms with Crippen molar-refractivity contribution in [2.45, 2.75) is 96.6 Å². The topological polar surface area (TPSA) is 139 Å². The summed E-state index contributed by atoms with van der Waals surface area (Å²) in [6, 6.07) is 18.0. The van der Waals surface area contributed by atoms with Gasteiger partial charge < -0.3 is 29.9 Å². The van der Waals surface area contributed by atoms with Crippen molar-refractivity contribution in [3.63, 3.8) is 0 Å². The molecule has 3 aromatic rings. The number of nitrogens with one attached hydrogen (secondary N) is 2. The zero-order chi connectivity index (χ0) is 34.0. The van der Waals surface area contributed by atoms with Gasteiger partial charge in [-0.25, -0.2) is 4.79 Å². The lowest BCUT2D eigenvalue weighted by Crippen LogP contribution is -2.54. The molecule has 254 valence electrons. The van der Waals surface area contributed by atoms with Crippen LogP contribution in [0.2, 0.25) is 0 Å². The predicted octanol–water partition coefficient (Wildman–Crippen LogP) is 4.33. The summed E-state index contributed by atoms with van der Waals surface area (Å²) >= 11 is 0. The van der Waals surface area contributed by atoms with Crippen molar-refractivity contribution in [3.8, 4) is 0 Å². The summed E-state index contributed by atoms with van der Waals surface area (Å²) in [5.74, 6) is -1.23. The molecular weight excluding hydrogens is 596 g/mol. The van der Waals surface area contributed by atoms with Crippen molar-refractivity contribution in [1.29, 1.82) is 0 Å². The molecule has 0 bridgehead atoms. The molecule has 3 amide bonds. The van der Waals surface area contributed by atoms with Gasteiger partial charge in [0.2, 0.25) is 11.8 Å². The van der Waals surface area contributed by atoms with Gasteiger partial charge in [0, 0.05) is 25.0 Å². The molecule has 3 N–H and O–H groups in total. The van der Waals surface area contributed by atoms with Gasteiger partial charge in [0.25, 0.3) is 0 Å². The van der Waals surface area contributed by atoms with E-state index in [9.17, 15) is 19.5 Å². The van der Waals surface area contributed by atoms with Gasteiger partial charge in [0.1, 0.15) is 24.3 Å². The lowest BCUT2D eigenvalue weighted by Gasteiger charge is -2.36. The van der Waals surface area contributed by atoms with E-state index in [-0.39, 0.29) is 30.2 Å². The van der Waals surface area contributed by atoms with E-state index in [2.05, 4.69) is 20.8 Å². The molecule has 1 fully saturated rings. The van der Waals surface area contributed by atoms with E-state index in [1.54, 1.807) is 33.4 Å². The Kier molecular flexibility index (Phi) is 12.5. The average Bonchev–Trinajstić information content (AvgIpc) is 3.58. The molecule has 1 saturated heterocycles. The lowest BCUT2D eigenvalue weighted by molar-refractivity contribution is -0.140. The Bertz CT molecular complexity index is 1400. The highest BCUT2D eigenvalue weighted by molar-refractivity contribution is 5.89. The number of amides is 3. The summed E-state index contributed by atoms with van der Waals surface area (Å²) < 4.78 is 7.48. The van der Waals surface area contributed by atoms with Crippen molar-refractivity contribution in [3.05, 3.63) is 84.4 Å². The molecule has 2 heterocycles. The standard InChI is InChI=1S/C36H50N6O5/c1-25(2)32(34(45)41-18-16-29(17-19-41)42-23-37-38-24-42)40-33(44)28(20-26-12-8-6-9-13-26)22-31(43)30(21-27-14-10-7-11-15-27)39-35(46)47-36(3,4)5/h6-15,23-25,28-32,43H,16-22H2,1-5H3,(H,39,46)(H,40,44)/t28-,30-,31+,32-/m0/s1. The lowest BCUT2D eigenvalue weighted by atomic mass is 9.88. The Morgan fingerprint density at radius 1 is 0.894 bits per heavy atom. The molecule has 0 spiro atoms. The van der Waals surface area contributed by atoms with Crippen LogP contribution in [-0.4, -0.2) is 79.6 Å². The molecule has 4 rings (SSSR count). The van der Waals surface area contributed by atoms with Crippen LogP contribution in [0.25, 0.3) is 0 Å². The molecule has 1 aliphatic rings. The van der Waals surface area contributed by atoms with Gasteiger partial charge in [-0.2, -0.15) is 0 Å². The number of hydrogen-bond donors (Lipinski definition) is 3. The Morgan fingerprint density at radius 2 is 1.45 bits per heavy atom. The number of hydrogen-bond acceptors (Lipinski definition) is 7. The van der Waals surface area contributed by atoms with Crippen LogP contribution in [0.3, 0.4) is 0 Å². The summed E-state index contributed by atoms with van der Waals surface area (Å²) in [5.41, 5.74) is 1.14. The molecule has 0 radical (unpaired) electrons. The Balaban J connectivity index is 1.50. The monoisotopic (exact) mass is 646 g/mol. The fraction of sp³-hybridized carbons (Fsp3) is 0.528. The first-order valence-corrected chi connectivity index (χ1v) is 16.6. The number of aliphatic hydroxyl groups is 1. The summed E-state index contributed by atoms with van der Waals surface area (Å²) in [5, 5.41) is 25.4. The van der Waals surface area contributed by atoms with E-state index in [0.717, 1.165) is 24.0 Å². The maximum atomic E-state index is 14.1. The smallest absolute Gasteiger partial charge is 0.407 e. The highest BCUT2D eigenvalue weighted by Gasteiger charge is 2.35. The van der Waals surface area contributed by atoms with Gasteiger partial charge in [0.05, 0.1) is 12.1 Å². The van der Waals surface area contributed by atoms with Crippen molar-refractivity contribution in [2.24, 2.45) is 11.8 Å². The molecule has 1 aromatic heterocycles. The number of alkyl carbamates (subject to hydrolysis) is 1. The van der Waals surface area contributed by atoms with Crippen molar-refractivity contribution in [2.75, 3.05) is 13.1 Å². The van der Waals surface area contributed by atoms with Crippen molar-refractivity contribution < 1.29 is 24.2 Å². The second-order valence-corrected chi connectivity index (χ2v) is 13.8. The first-order valence-electron chi connectivity index (χ1n) is 16.6. The third-order valence-corrected chi connectivity index (χ3v) is 8.55. The minimum Gasteiger partial charge on any atom is -0.444 e. The third kappa shape index (κ3) is 10.9. The van der Waals surface area contributed by atoms with Crippen LogP contribution in [-0.2, 0) is 27.2 Å². The summed E-state index contributed by atoms with van der Waals surface area (Å²) in [6.07, 6.45) is 4.01. The summed E-state index contributed by atoms with van der Waals surface area (Å²) in [4.78, 5) is 42.5. The number of benzene rings is 2. The number of ether oxygens (including phenoxy) is 1. The van der Waals surface area contributed by atoms with Crippen LogP contribution in [0, 0.1) is 11.8 Å². The van der Waals surface area contributed by atoms with Gasteiger partial charge >= 0.3 is 6.09 Å². The van der Waals surface area contributed by atoms with E-state index in [1.807, 2.05) is 84.0 Å². The molecule has 2 aromatic carbocycles. The van der Waals surface area contributed by atoms with E-state index < -0.39 is 35.8 Å². The van der Waals surface area contributed by atoms with Crippen molar-refractivity contribution >= 4 is 17.9 Å². The first-order chi connectivity index (χ1) is 22.4. The maximum Gasteiger partial charge on any atom is 0.407 e. The van der Waals surface area contributed by atoms with Gasteiger partial charge in [-0.3, -0.25) is 9.59 Å². The largest absolute Gasteiger partial charge is 0.444 e. The number of nitrogens with zero attached hydrogens (tertiary/aromatic N) is 4. The number of aromatic nitrogens is 3. The van der Waals surface area contributed by atoms with E-state index in [0.29, 0.717) is 25.9 Å². The number of aliphatic hydroxyl groups excluding tert-OH is 1. The van der Waals surface area contributed by atoms with Crippen LogP contribution in [0.15, 0.2) is 73.3 Å². The predicted molar refractivity (Wildman–Crippen MR) is 179 cm³/mol. The fourth-order valence-electron chi connectivity index (χ4n) is 6.01. The number of likely N-dealkylation sites (tertiary alicyclic amines) is 1. The maximum absolute atomic E-state index is 14.1. The number of carbonyl (C=O) groups is 3. The second-order valence-electron chi connectivity index (χ2n) is 13.8. The van der Waals surface area contributed by atoms with E-state index >= 15 is 0 Å². The molecule has 1 aliphatic heterocycles. The average molecular weight is 647 g/mol. The second kappa shape index (κ2) is 16.5. The van der Waals surface area contributed by atoms with Gasteiger partial charge in [-0.15, -0.1) is 10.2 Å². The van der Waals surface area contributed by atoms with Crippen LogP contribution < -0.4 is 10.6 Å². The van der Waals surface area contributed by atoms with Crippen molar-refractivity contribution in [1.82, 2.24) is 30.3 Å². The molecule has 4 atom stereocenters. The summed E-state index contributed by atoms with van der Waals surface area (Å²) in [7, 11) is 0. The molecule has 11 nitrogen and oxygen atoms in total. The molecule has 47 heavy (non-hydrogen) atoms. The number of piperidine rings is 1. The minimum absolute atomic E-state index is 0.0668. The zero-order valence-electron chi connectivity index (χ0n) is 28.2. The van der Waals surface area contributed by atoms with Gasteiger partial charge in [-0.05, 0) is 69.9 Å². The molecule has 11 heteroatoms. The SMILES string of the molecule is CC(C)[C@H](NC(=O)[C@@H](Cc1ccccc1)C[C@@H](O)[C@H](Cc1ccccc1)NC(=O)OC(C)(C)C)C(=O)N1CCC(n2cnnc2)CC1. The fourth-order valence-corrected chi connectivity index (χ4v) is 6.01. The van der Waals surface area contributed by atoms with Crippen LogP contribution in [0.1, 0.15) is 71.0 Å². The number of rotatable bonds is 13. The number of carbonyl (C=O) groups excluding carboxylic acids is 3. The molecule has 0 saturated carbocycles. The van der Waals surface area contributed by atoms with Crippen LogP contribution in [0.4, 0.5) is 4.79 Å². The van der Waals surface area contributed by atoms with E-state index in [4.69, 9.17) is 4.74 Å². The summed E-state index contributed by atoms with van der Waals surface area (Å²) in [6.45, 7) is 10.3. The van der Waals surface area contributed by atoms with Gasteiger partial charge in [0.15, 0.2) is 0 Å². The quantitative estimate of drug-likeness (QED) is 0.251. The normalized spacial score (nSPS) is 16.6. The Labute approximate surface area is 278 Å². The molecule has 0 unspecified atom stereocenters. The minimum atomic E-state index is -1.08. The highest BCUT2D eigenvalue weighted by atomic mass is 16.6. The zero-order valence-corrected chi connectivity index (χ0v) is 28.2. The highest BCUT2D eigenvalue weighted by Crippen LogP contribution is 2.24.